The molecule has 3 N–H and O–H groups in total. The number of rotatable bonds is 8. The molecule has 1 heterocycles. The van der Waals surface area contributed by atoms with Crippen molar-refractivity contribution in [2.75, 3.05) is 13.1 Å². The molecule has 1 aromatic heterocycles. The predicted molar refractivity (Wildman–Crippen MR) is 121 cm³/mol. The lowest BCUT2D eigenvalue weighted by Gasteiger charge is -2.16. The molecule has 0 spiro atoms. The Hall–Kier alpha value is -2.12. The molecule has 1 atom stereocenters. The molecule has 160 valence electrons. The van der Waals surface area contributed by atoms with Crippen molar-refractivity contribution in [2.24, 2.45) is 4.99 Å². The first-order chi connectivity index (χ1) is 13.7. The Morgan fingerprint density at radius 2 is 1.90 bits per heavy atom. The van der Waals surface area contributed by atoms with Crippen molar-refractivity contribution in [1.82, 2.24) is 15.6 Å². The zero-order valence-electron chi connectivity index (χ0n) is 18.3. The topological polar surface area (TPSA) is 78.8 Å². The summed E-state index contributed by atoms with van der Waals surface area (Å²) in [5.74, 6) is 1.47. The van der Waals surface area contributed by atoms with E-state index in [9.17, 15) is 5.11 Å². The molecule has 29 heavy (non-hydrogen) atoms. The Morgan fingerprint density at radius 1 is 1.21 bits per heavy atom. The first-order valence-electron chi connectivity index (χ1n) is 10.1. The smallest absolute Gasteiger partial charge is 0.191 e. The molecule has 7 heteroatoms. The van der Waals surface area contributed by atoms with Crippen molar-refractivity contribution in [3.05, 3.63) is 45.9 Å². The molecule has 2 aromatic rings. The molecule has 0 saturated heterocycles. The molecule has 0 amide bonds. The fraction of sp³-hybridized carbons (Fsp3) is 0.545. The molecule has 1 unspecified atom stereocenters. The monoisotopic (exact) mass is 418 g/mol. The second-order valence-electron chi connectivity index (χ2n) is 8.22. The van der Waals surface area contributed by atoms with Gasteiger partial charge in [-0.2, -0.15) is 0 Å². The van der Waals surface area contributed by atoms with E-state index in [0.717, 1.165) is 28.6 Å². The van der Waals surface area contributed by atoms with Crippen LogP contribution in [0, 0.1) is 0 Å². The van der Waals surface area contributed by atoms with Crippen LogP contribution in [0.25, 0.3) is 0 Å². The third-order valence-electron chi connectivity index (χ3n) is 4.04. The van der Waals surface area contributed by atoms with Gasteiger partial charge in [0.05, 0.1) is 29.5 Å². The number of hydrogen-bond acceptors (Lipinski definition) is 5. The van der Waals surface area contributed by atoms with Crippen molar-refractivity contribution in [1.29, 1.82) is 0 Å². The van der Waals surface area contributed by atoms with E-state index in [-0.39, 0.29) is 11.5 Å². The highest BCUT2D eigenvalue weighted by Crippen LogP contribution is 2.25. The molecule has 0 saturated carbocycles. The minimum absolute atomic E-state index is 0.0508. The molecule has 0 fully saturated rings. The van der Waals surface area contributed by atoms with E-state index < -0.39 is 6.10 Å². The third-order valence-corrected chi connectivity index (χ3v) is 5.35. The molecular formula is C22H34N4O2S. The molecule has 0 aliphatic carbocycles. The summed E-state index contributed by atoms with van der Waals surface area (Å²) in [7, 11) is 0. The van der Waals surface area contributed by atoms with E-state index >= 15 is 0 Å². The molecular weight excluding hydrogens is 384 g/mol. The number of hydrogen-bond donors (Lipinski definition) is 3. The summed E-state index contributed by atoms with van der Waals surface area (Å²) >= 11 is 1.67. The first-order valence-corrected chi connectivity index (χ1v) is 11.0. The van der Waals surface area contributed by atoms with Gasteiger partial charge >= 0.3 is 0 Å². The third kappa shape index (κ3) is 7.66. The number of aromatic nitrogens is 1. The summed E-state index contributed by atoms with van der Waals surface area (Å²) in [4.78, 5) is 9.28. The number of nitrogens with zero attached hydrogens (tertiary/aromatic N) is 2. The van der Waals surface area contributed by atoms with Crippen molar-refractivity contribution < 1.29 is 9.84 Å². The van der Waals surface area contributed by atoms with E-state index in [4.69, 9.17) is 4.74 Å². The highest BCUT2D eigenvalue weighted by Gasteiger charge is 2.17. The van der Waals surface area contributed by atoms with Gasteiger partial charge in [-0.05, 0) is 38.5 Å². The van der Waals surface area contributed by atoms with Crippen LogP contribution in [-0.2, 0) is 12.0 Å². The van der Waals surface area contributed by atoms with Crippen molar-refractivity contribution in [3.8, 4) is 5.75 Å². The summed E-state index contributed by atoms with van der Waals surface area (Å²) in [5.41, 5.74) is 1.84. The molecule has 1 aromatic carbocycles. The highest BCUT2D eigenvalue weighted by molar-refractivity contribution is 7.09. The van der Waals surface area contributed by atoms with Gasteiger partial charge in [0.2, 0.25) is 0 Å². The first kappa shape index (κ1) is 23.2. The number of ether oxygens (including phenoxy) is 1. The summed E-state index contributed by atoms with van der Waals surface area (Å²) in [5, 5.41) is 20.1. The van der Waals surface area contributed by atoms with Gasteiger partial charge in [0.25, 0.3) is 0 Å². The van der Waals surface area contributed by atoms with Crippen LogP contribution in [0.4, 0.5) is 0 Å². The minimum Gasteiger partial charge on any atom is -0.491 e. The maximum absolute atomic E-state index is 10.5. The largest absolute Gasteiger partial charge is 0.491 e. The number of aliphatic imine (C=N–C) groups is 1. The van der Waals surface area contributed by atoms with Gasteiger partial charge < -0.3 is 20.5 Å². The zero-order valence-corrected chi connectivity index (χ0v) is 19.1. The van der Waals surface area contributed by atoms with Crippen LogP contribution in [0.3, 0.4) is 0 Å². The predicted octanol–water partition coefficient (Wildman–Crippen LogP) is 4.02. The summed E-state index contributed by atoms with van der Waals surface area (Å²) in [6.07, 6.45) is -0.512. The minimum atomic E-state index is -0.640. The normalized spacial score (nSPS) is 13.4. The number of guanidine groups is 1. The summed E-state index contributed by atoms with van der Waals surface area (Å²) < 4.78 is 5.64. The number of benzene rings is 1. The van der Waals surface area contributed by atoms with Crippen LogP contribution >= 0.6 is 11.3 Å². The highest BCUT2D eigenvalue weighted by atomic mass is 32.1. The van der Waals surface area contributed by atoms with Crippen LogP contribution in [0.5, 0.6) is 5.75 Å². The summed E-state index contributed by atoms with van der Waals surface area (Å²) in [6.45, 7) is 14.1. The Morgan fingerprint density at radius 3 is 2.45 bits per heavy atom. The van der Waals surface area contributed by atoms with Gasteiger partial charge in [0.15, 0.2) is 5.96 Å². The van der Waals surface area contributed by atoms with Gasteiger partial charge in [-0.15, -0.1) is 11.3 Å². The van der Waals surface area contributed by atoms with Crippen LogP contribution in [0.15, 0.2) is 34.6 Å². The number of nitrogens with one attached hydrogen (secondary N) is 2. The van der Waals surface area contributed by atoms with Crippen LogP contribution in [0.1, 0.15) is 63.9 Å². The van der Waals surface area contributed by atoms with Crippen molar-refractivity contribution >= 4 is 17.3 Å². The molecule has 0 aliphatic rings. The van der Waals surface area contributed by atoms with Gasteiger partial charge in [-0.25, -0.2) is 9.98 Å². The average Bonchev–Trinajstić information content (AvgIpc) is 3.13. The maximum atomic E-state index is 10.5. The summed E-state index contributed by atoms with van der Waals surface area (Å²) in [6, 6.07) is 7.54. The molecule has 0 bridgehead atoms. The Bertz CT molecular complexity index is 779. The lowest BCUT2D eigenvalue weighted by Crippen LogP contribution is -2.39. The average molecular weight is 419 g/mol. The Kier molecular flexibility index (Phi) is 8.46. The number of aliphatic hydroxyl groups is 1. The van der Waals surface area contributed by atoms with Crippen LogP contribution in [-0.4, -0.2) is 35.2 Å². The zero-order chi connectivity index (χ0) is 21.4. The van der Waals surface area contributed by atoms with E-state index in [2.05, 4.69) is 46.8 Å². The van der Waals surface area contributed by atoms with Crippen molar-refractivity contribution in [3.63, 3.8) is 0 Å². The lowest BCUT2D eigenvalue weighted by molar-refractivity contribution is 0.180. The van der Waals surface area contributed by atoms with Gasteiger partial charge in [0, 0.05) is 23.9 Å². The molecule has 0 aliphatic heterocycles. The van der Waals surface area contributed by atoms with E-state index in [1.165, 1.54) is 0 Å². The standard InChI is InChI=1S/C22H34N4O2S/c1-7-23-21(24-12-17-14-29-20(26-17)22(4,5)6)25-13-19(27)16-8-10-18(11-9-16)28-15(2)3/h8-11,14-15,19,27H,7,12-13H2,1-6H3,(H2,23,24,25). The Balaban J connectivity index is 1.94. The van der Waals surface area contributed by atoms with Crippen molar-refractivity contribution in [2.45, 2.75) is 65.7 Å². The van der Waals surface area contributed by atoms with Gasteiger partial charge in [-0.3, -0.25) is 0 Å². The van der Waals surface area contributed by atoms with Gasteiger partial charge in [0.1, 0.15) is 5.75 Å². The lowest BCUT2D eigenvalue weighted by atomic mass is 9.98. The molecule has 6 nitrogen and oxygen atoms in total. The quantitative estimate of drug-likeness (QED) is 0.446. The Labute approximate surface area is 178 Å². The second kappa shape index (κ2) is 10.6. The van der Waals surface area contributed by atoms with Gasteiger partial charge in [-0.1, -0.05) is 32.9 Å². The van der Waals surface area contributed by atoms with Crippen LogP contribution < -0.4 is 15.4 Å². The molecule has 2 rings (SSSR count). The van der Waals surface area contributed by atoms with E-state index in [1.807, 2.05) is 45.0 Å². The maximum Gasteiger partial charge on any atom is 0.191 e. The van der Waals surface area contributed by atoms with Crippen LogP contribution in [0.2, 0.25) is 0 Å². The number of thiazole rings is 1. The van der Waals surface area contributed by atoms with E-state index in [0.29, 0.717) is 19.0 Å². The fourth-order valence-corrected chi connectivity index (χ4v) is 3.48. The number of aliphatic hydroxyl groups excluding tert-OH is 1. The van der Waals surface area contributed by atoms with E-state index in [1.54, 1.807) is 11.3 Å². The SMILES string of the molecule is CCNC(=NCc1csc(C(C)(C)C)n1)NCC(O)c1ccc(OC(C)C)cc1. The fourth-order valence-electron chi connectivity index (χ4n) is 2.58. The second-order valence-corrected chi connectivity index (χ2v) is 9.08. The molecule has 0 radical (unpaired) electrons.